The lowest BCUT2D eigenvalue weighted by atomic mass is 10.1. The van der Waals surface area contributed by atoms with E-state index in [4.69, 9.17) is 4.74 Å². The van der Waals surface area contributed by atoms with E-state index in [0.717, 1.165) is 11.3 Å². The summed E-state index contributed by atoms with van der Waals surface area (Å²) in [6.07, 6.45) is 0. The lowest BCUT2D eigenvalue weighted by Gasteiger charge is -2.29. The Morgan fingerprint density at radius 2 is 2.16 bits per heavy atom. The molecule has 0 bridgehead atoms. The second-order valence-electron chi connectivity index (χ2n) is 7.07. The molecule has 1 aromatic heterocycles. The second kappa shape index (κ2) is 6.48. The molecule has 0 saturated heterocycles. The second-order valence-corrected chi connectivity index (χ2v) is 8.01. The van der Waals surface area contributed by atoms with Crippen molar-refractivity contribution < 1.29 is 14.3 Å². The number of aromatic nitrogens is 1. The van der Waals surface area contributed by atoms with E-state index in [1.54, 1.807) is 10.3 Å². The van der Waals surface area contributed by atoms with Gasteiger partial charge in [-0.15, -0.1) is 11.3 Å². The Labute approximate surface area is 150 Å². The molecule has 0 radical (unpaired) electrons. The van der Waals surface area contributed by atoms with Crippen molar-refractivity contribution in [3.8, 4) is 5.75 Å². The Kier molecular flexibility index (Phi) is 4.51. The Balaban J connectivity index is 1.81. The first-order valence-electron chi connectivity index (χ1n) is 8.04. The number of benzene rings is 1. The Bertz CT molecular complexity index is 823. The van der Waals surface area contributed by atoms with Crippen LogP contribution >= 0.6 is 11.3 Å². The zero-order chi connectivity index (χ0) is 18.2. The zero-order valence-electron chi connectivity index (χ0n) is 14.8. The van der Waals surface area contributed by atoms with Crippen LogP contribution in [0.3, 0.4) is 0 Å². The van der Waals surface area contributed by atoms with Crippen LogP contribution in [0.4, 0.5) is 5.69 Å². The Morgan fingerprint density at radius 3 is 2.88 bits per heavy atom. The van der Waals surface area contributed by atoms with Crippen molar-refractivity contribution in [1.29, 1.82) is 0 Å². The van der Waals surface area contributed by atoms with Crippen LogP contribution in [-0.2, 0) is 11.3 Å². The molecule has 3 rings (SSSR count). The highest BCUT2D eigenvalue weighted by atomic mass is 32.1. The maximum Gasteiger partial charge on any atom is 0.271 e. The molecule has 0 spiro atoms. The molecular formula is C18H21N3O3S. The van der Waals surface area contributed by atoms with Gasteiger partial charge < -0.3 is 10.1 Å². The molecule has 1 N–H and O–H groups in total. The number of carbonyl (C=O) groups is 2. The van der Waals surface area contributed by atoms with Crippen LogP contribution in [-0.4, -0.2) is 28.9 Å². The van der Waals surface area contributed by atoms with Gasteiger partial charge >= 0.3 is 0 Å². The lowest BCUT2D eigenvalue weighted by molar-refractivity contribution is -0.121. The average molecular weight is 359 g/mol. The number of fused-ring (bicyclic) bond motifs is 1. The van der Waals surface area contributed by atoms with Crippen LogP contribution in [0, 0.1) is 6.92 Å². The molecule has 0 fully saturated rings. The number of anilines is 1. The van der Waals surface area contributed by atoms with E-state index in [9.17, 15) is 9.59 Å². The summed E-state index contributed by atoms with van der Waals surface area (Å²) in [5.41, 5.74) is 1.84. The largest absolute Gasteiger partial charge is 0.482 e. The predicted molar refractivity (Wildman–Crippen MR) is 97.2 cm³/mol. The van der Waals surface area contributed by atoms with Crippen LogP contribution in [0.15, 0.2) is 23.6 Å². The van der Waals surface area contributed by atoms with Gasteiger partial charge in [-0.1, -0.05) is 6.07 Å². The first-order chi connectivity index (χ1) is 11.7. The number of nitrogens with one attached hydrogen (secondary N) is 1. The van der Waals surface area contributed by atoms with Crippen molar-refractivity contribution in [2.75, 3.05) is 11.5 Å². The van der Waals surface area contributed by atoms with Crippen molar-refractivity contribution in [2.45, 2.75) is 39.8 Å². The summed E-state index contributed by atoms with van der Waals surface area (Å²) >= 11 is 1.37. The Hall–Kier alpha value is -2.41. The topological polar surface area (TPSA) is 71.5 Å². The van der Waals surface area contributed by atoms with Crippen molar-refractivity contribution in [3.63, 3.8) is 0 Å². The van der Waals surface area contributed by atoms with E-state index in [-0.39, 0.29) is 24.0 Å². The fraction of sp³-hybridized carbons (Fsp3) is 0.389. The van der Waals surface area contributed by atoms with Gasteiger partial charge in [0, 0.05) is 10.9 Å². The van der Waals surface area contributed by atoms with Gasteiger partial charge in [-0.3, -0.25) is 14.5 Å². The van der Waals surface area contributed by atoms with E-state index >= 15 is 0 Å². The normalized spacial score (nSPS) is 14.1. The molecule has 2 amide bonds. The molecule has 6 nitrogen and oxygen atoms in total. The van der Waals surface area contributed by atoms with Gasteiger partial charge in [-0.2, -0.15) is 0 Å². The van der Waals surface area contributed by atoms with Gasteiger partial charge in [0.25, 0.3) is 11.8 Å². The number of aryl methyl sites for hydroxylation is 1. The zero-order valence-corrected chi connectivity index (χ0v) is 15.6. The smallest absolute Gasteiger partial charge is 0.271 e. The molecule has 7 heteroatoms. The van der Waals surface area contributed by atoms with Crippen LogP contribution < -0.4 is 15.0 Å². The third kappa shape index (κ3) is 3.99. The van der Waals surface area contributed by atoms with Crippen molar-refractivity contribution in [3.05, 3.63) is 39.8 Å². The van der Waals surface area contributed by atoms with E-state index < -0.39 is 0 Å². The number of hydrogen-bond donors (Lipinski definition) is 1. The number of rotatable bonds is 3. The predicted octanol–water partition coefficient (Wildman–Crippen LogP) is 2.91. The summed E-state index contributed by atoms with van der Waals surface area (Å²) in [6, 6.07) is 5.74. The van der Waals surface area contributed by atoms with Gasteiger partial charge in [-0.25, -0.2) is 4.98 Å². The maximum absolute atomic E-state index is 12.3. The average Bonchev–Trinajstić information content (AvgIpc) is 2.97. The summed E-state index contributed by atoms with van der Waals surface area (Å²) in [5, 5.41) is 5.32. The fourth-order valence-electron chi connectivity index (χ4n) is 2.51. The monoisotopic (exact) mass is 359 g/mol. The molecule has 2 aromatic rings. The first kappa shape index (κ1) is 17.4. The standard InChI is InChI=1S/C18H21N3O3S/c1-11-5-6-14-13(7-11)21(16(22)9-24-14)8-15-19-12(10-25-15)17(23)20-18(2,3)4/h5-7,10H,8-9H2,1-4H3,(H,20,23). The van der Waals surface area contributed by atoms with Crippen LogP contribution in [0.5, 0.6) is 5.75 Å². The highest BCUT2D eigenvalue weighted by Crippen LogP contribution is 2.34. The minimum absolute atomic E-state index is 0.0127. The van der Waals surface area contributed by atoms with E-state index in [2.05, 4.69) is 10.3 Å². The quantitative estimate of drug-likeness (QED) is 0.915. The number of nitrogens with zero attached hydrogens (tertiary/aromatic N) is 2. The maximum atomic E-state index is 12.3. The van der Waals surface area contributed by atoms with E-state index in [0.29, 0.717) is 23.0 Å². The lowest BCUT2D eigenvalue weighted by Crippen LogP contribution is -2.40. The summed E-state index contributed by atoms with van der Waals surface area (Å²) in [6.45, 7) is 8.07. The van der Waals surface area contributed by atoms with Crippen LogP contribution in [0.1, 0.15) is 41.8 Å². The molecule has 0 aliphatic carbocycles. The molecule has 1 aliphatic heterocycles. The molecular weight excluding hydrogens is 338 g/mol. The number of amides is 2. The molecule has 0 saturated carbocycles. The first-order valence-corrected chi connectivity index (χ1v) is 8.91. The van der Waals surface area contributed by atoms with Gasteiger partial charge in [-0.05, 0) is 45.4 Å². The molecule has 25 heavy (non-hydrogen) atoms. The summed E-state index contributed by atoms with van der Waals surface area (Å²) in [5.74, 6) is 0.362. The minimum atomic E-state index is -0.322. The van der Waals surface area contributed by atoms with Crippen LogP contribution in [0.25, 0.3) is 0 Å². The summed E-state index contributed by atoms with van der Waals surface area (Å²) in [4.78, 5) is 30.6. The molecule has 0 atom stereocenters. The van der Waals surface area contributed by atoms with Crippen LogP contribution in [0.2, 0.25) is 0 Å². The van der Waals surface area contributed by atoms with Gasteiger partial charge in [0.1, 0.15) is 16.5 Å². The Morgan fingerprint density at radius 1 is 1.40 bits per heavy atom. The highest BCUT2D eigenvalue weighted by Gasteiger charge is 2.27. The minimum Gasteiger partial charge on any atom is -0.482 e. The van der Waals surface area contributed by atoms with Gasteiger partial charge in [0.05, 0.1) is 12.2 Å². The number of carbonyl (C=O) groups excluding carboxylic acids is 2. The molecule has 1 aromatic carbocycles. The third-order valence-corrected chi connectivity index (χ3v) is 4.46. The van der Waals surface area contributed by atoms with Gasteiger partial charge in [0.2, 0.25) is 0 Å². The molecule has 2 heterocycles. The molecule has 0 unspecified atom stereocenters. The fourth-order valence-corrected chi connectivity index (χ4v) is 3.28. The number of thiazole rings is 1. The highest BCUT2D eigenvalue weighted by molar-refractivity contribution is 7.09. The number of hydrogen-bond acceptors (Lipinski definition) is 5. The SMILES string of the molecule is Cc1ccc2c(c1)N(Cc1nc(C(=O)NC(C)(C)C)cs1)C(=O)CO2. The summed E-state index contributed by atoms with van der Waals surface area (Å²) < 4.78 is 5.48. The molecule has 1 aliphatic rings. The number of ether oxygens (including phenoxy) is 1. The van der Waals surface area contributed by atoms with E-state index in [1.165, 1.54) is 11.3 Å². The van der Waals surface area contributed by atoms with Crippen molar-refractivity contribution >= 4 is 28.8 Å². The van der Waals surface area contributed by atoms with Gasteiger partial charge in [0.15, 0.2) is 6.61 Å². The van der Waals surface area contributed by atoms with Crippen molar-refractivity contribution in [2.24, 2.45) is 0 Å². The summed E-state index contributed by atoms with van der Waals surface area (Å²) in [7, 11) is 0. The molecule has 132 valence electrons. The van der Waals surface area contributed by atoms with E-state index in [1.807, 2.05) is 45.9 Å². The van der Waals surface area contributed by atoms with Crippen molar-refractivity contribution in [1.82, 2.24) is 10.3 Å². The third-order valence-electron chi connectivity index (χ3n) is 3.62.